The summed E-state index contributed by atoms with van der Waals surface area (Å²) in [5.41, 5.74) is 0.766. The SMILES string of the molecule is CC(NCC(C)(C)S(C)(=O)=O)c1ccccc1O. The van der Waals surface area contributed by atoms with Crippen molar-refractivity contribution < 1.29 is 13.5 Å². The second kappa shape index (κ2) is 5.28. The van der Waals surface area contributed by atoms with Crippen molar-refractivity contribution in [1.82, 2.24) is 5.32 Å². The van der Waals surface area contributed by atoms with Crippen molar-refractivity contribution in [2.75, 3.05) is 12.8 Å². The monoisotopic (exact) mass is 271 g/mol. The molecular weight excluding hydrogens is 250 g/mol. The van der Waals surface area contributed by atoms with Gasteiger partial charge in [0.15, 0.2) is 9.84 Å². The standard InChI is InChI=1S/C13H21NO3S/c1-10(11-7-5-6-8-12(11)15)14-9-13(2,3)18(4,16)17/h5-8,10,14-15H,9H2,1-4H3. The molecule has 0 radical (unpaired) electrons. The van der Waals surface area contributed by atoms with Crippen molar-refractivity contribution in [2.45, 2.75) is 31.6 Å². The molecule has 0 aliphatic heterocycles. The Balaban J connectivity index is 2.74. The molecule has 1 unspecified atom stereocenters. The van der Waals surface area contributed by atoms with Crippen LogP contribution in [0.1, 0.15) is 32.4 Å². The summed E-state index contributed by atoms with van der Waals surface area (Å²) in [6.45, 7) is 5.61. The van der Waals surface area contributed by atoms with Crippen LogP contribution in [0.5, 0.6) is 5.75 Å². The first kappa shape index (κ1) is 15.0. The van der Waals surface area contributed by atoms with E-state index in [-0.39, 0.29) is 11.8 Å². The molecule has 1 rings (SSSR count). The zero-order valence-corrected chi connectivity index (χ0v) is 12.1. The van der Waals surface area contributed by atoms with E-state index >= 15 is 0 Å². The highest BCUT2D eigenvalue weighted by Gasteiger charge is 2.30. The van der Waals surface area contributed by atoms with Crippen molar-refractivity contribution in [3.05, 3.63) is 29.8 Å². The van der Waals surface area contributed by atoms with E-state index in [2.05, 4.69) is 5.32 Å². The number of nitrogens with one attached hydrogen (secondary N) is 1. The van der Waals surface area contributed by atoms with Crippen LogP contribution >= 0.6 is 0 Å². The molecule has 0 saturated heterocycles. The molecule has 2 N–H and O–H groups in total. The van der Waals surface area contributed by atoms with Crippen LogP contribution in [0, 0.1) is 0 Å². The van der Waals surface area contributed by atoms with E-state index in [9.17, 15) is 13.5 Å². The van der Waals surface area contributed by atoms with Gasteiger partial charge in [0.2, 0.25) is 0 Å². The lowest BCUT2D eigenvalue weighted by Gasteiger charge is -2.25. The van der Waals surface area contributed by atoms with Crippen LogP contribution in [0.25, 0.3) is 0 Å². The van der Waals surface area contributed by atoms with Crippen LogP contribution in [0.2, 0.25) is 0 Å². The van der Waals surface area contributed by atoms with Gasteiger partial charge >= 0.3 is 0 Å². The molecule has 0 spiro atoms. The third-order valence-electron chi connectivity index (χ3n) is 3.24. The van der Waals surface area contributed by atoms with Gasteiger partial charge < -0.3 is 10.4 Å². The largest absolute Gasteiger partial charge is 0.508 e. The van der Waals surface area contributed by atoms with Crippen molar-refractivity contribution in [2.24, 2.45) is 0 Å². The average Bonchev–Trinajstić information content (AvgIpc) is 2.25. The maximum absolute atomic E-state index is 11.6. The topological polar surface area (TPSA) is 66.4 Å². The third-order valence-corrected chi connectivity index (χ3v) is 5.39. The zero-order chi connectivity index (χ0) is 14.0. The van der Waals surface area contributed by atoms with E-state index in [1.54, 1.807) is 26.0 Å². The summed E-state index contributed by atoms with van der Waals surface area (Å²) in [5, 5.41) is 12.9. The van der Waals surface area contributed by atoms with Gasteiger partial charge in [-0.25, -0.2) is 8.42 Å². The Hall–Kier alpha value is -1.07. The van der Waals surface area contributed by atoms with Gasteiger partial charge in [-0.1, -0.05) is 18.2 Å². The smallest absolute Gasteiger partial charge is 0.153 e. The molecule has 1 atom stereocenters. The van der Waals surface area contributed by atoms with Gasteiger partial charge in [-0.05, 0) is 26.8 Å². The van der Waals surface area contributed by atoms with Crippen LogP contribution in [-0.2, 0) is 9.84 Å². The van der Waals surface area contributed by atoms with Crippen molar-refractivity contribution in [1.29, 1.82) is 0 Å². The minimum absolute atomic E-state index is 0.104. The Labute approximate surface area is 109 Å². The minimum Gasteiger partial charge on any atom is -0.508 e. The number of hydrogen-bond donors (Lipinski definition) is 2. The number of rotatable bonds is 5. The first-order valence-corrected chi connectivity index (χ1v) is 7.75. The van der Waals surface area contributed by atoms with E-state index < -0.39 is 14.6 Å². The van der Waals surface area contributed by atoms with E-state index in [1.807, 2.05) is 19.1 Å². The number of phenolic OH excluding ortho intramolecular Hbond substituents is 1. The molecule has 1 aromatic carbocycles. The van der Waals surface area contributed by atoms with Gasteiger partial charge in [0, 0.05) is 24.4 Å². The highest BCUT2D eigenvalue weighted by atomic mass is 32.2. The summed E-state index contributed by atoms with van der Waals surface area (Å²) in [5.74, 6) is 0.217. The quantitative estimate of drug-likeness (QED) is 0.858. The third kappa shape index (κ3) is 3.46. The molecule has 0 saturated carbocycles. The fourth-order valence-electron chi connectivity index (χ4n) is 1.49. The summed E-state index contributed by atoms with van der Waals surface area (Å²) in [7, 11) is -3.12. The second-order valence-electron chi connectivity index (χ2n) is 5.19. The van der Waals surface area contributed by atoms with Gasteiger partial charge in [-0.15, -0.1) is 0 Å². The summed E-state index contributed by atoms with van der Waals surface area (Å²) in [4.78, 5) is 0. The Kier molecular flexibility index (Phi) is 4.40. The lowest BCUT2D eigenvalue weighted by molar-refractivity contribution is 0.443. The molecule has 0 aromatic heterocycles. The summed E-state index contributed by atoms with van der Waals surface area (Å²) in [6.07, 6.45) is 1.24. The number of aromatic hydroxyl groups is 1. The van der Waals surface area contributed by atoms with Crippen LogP contribution in [0.4, 0.5) is 0 Å². The Bertz CT molecular complexity index is 509. The molecular formula is C13H21NO3S. The number of para-hydroxylation sites is 1. The van der Waals surface area contributed by atoms with E-state index in [0.717, 1.165) is 5.56 Å². The van der Waals surface area contributed by atoms with Crippen LogP contribution < -0.4 is 5.32 Å². The maximum Gasteiger partial charge on any atom is 0.153 e. The lowest BCUT2D eigenvalue weighted by Crippen LogP contribution is -2.42. The number of benzene rings is 1. The first-order chi connectivity index (χ1) is 8.15. The van der Waals surface area contributed by atoms with Crippen LogP contribution in [-0.4, -0.2) is 31.1 Å². The highest BCUT2D eigenvalue weighted by molar-refractivity contribution is 7.92. The Morgan fingerprint density at radius 1 is 1.33 bits per heavy atom. The van der Waals surface area contributed by atoms with E-state index in [0.29, 0.717) is 6.54 Å². The summed E-state index contributed by atoms with van der Waals surface area (Å²) >= 11 is 0. The average molecular weight is 271 g/mol. The molecule has 0 aliphatic carbocycles. The number of sulfone groups is 1. The maximum atomic E-state index is 11.6. The molecule has 102 valence electrons. The summed E-state index contributed by atoms with van der Waals surface area (Å²) in [6, 6.07) is 6.93. The molecule has 0 aliphatic rings. The summed E-state index contributed by atoms with van der Waals surface area (Å²) < 4.78 is 22.3. The highest BCUT2D eigenvalue weighted by Crippen LogP contribution is 2.24. The van der Waals surface area contributed by atoms with E-state index in [4.69, 9.17) is 0 Å². The molecule has 0 fully saturated rings. The molecule has 4 nitrogen and oxygen atoms in total. The van der Waals surface area contributed by atoms with Crippen molar-refractivity contribution >= 4 is 9.84 Å². The fraction of sp³-hybridized carbons (Fsp3) is 0.538. The Morgan fingerprint density at radius 3 is 2.39 bits per heavy atom. The predicted molar refractivity (Wildman–Crippen MR) is 73.4 cm³/mol. The zero-order valence-electron chi connectivity index (χ0n) is 11.3. The van der Waals surface area contributed by atoms with Gasteiger partial charge in [0.25, 0.3) is 0 Å². The van der Waals surface area contributed by atoms with E-state index in [1.165, 1.54) is 6.26 Å². The fourth-order valence-corrected chi connectivity index (χ4v) is 1.84. The van der Waals surface area contributed by atoms with Gasteiger partial charge in [0.1, 0.15) is 5.75 Å². The predicted octanol–water partition coefficient (Wildman–Crippen LogP) is 1.87. The van der Waals surface area contributed by atoms with Gasteiger partial charge in [-0.2, -0.15) is 0 Å². The Morgan fingerprint density at radius 2 is 1.89 bits per heavy atom. The second-order valence-corrected chi connectivity index (χ2v) is 7.84. The molecule has 18 heavy (non-hydrogen) atoms. The minimum atomic E-state index is -3.12. The normalized spacial score (nSPS) is 14.4. The van der Waals surface area contributed by atoms with Crippen LogP contribution in [0.15, 0.2) is 24.3 Å². The molecule has 0 amide bonds. The van der Waals surface area contributed by atoms with Gasteiger partial charge in [0.05, 0.1) is 4.75 Å². The number of hydrogen-bond acceptors (Lipinski definition) is 4. The van der Waals surface area contributed by atoms with Crippen molar-refractivity contribution in [3.63, 3.8) is 0 Å². The molecule has 0 bridgehead atoms. The first-order valence-electron chi connectivity index (χ1n) is 5.86. The van der Waals surface area contributed by atoms with Crippen LogP contribution in [0.3, 0.4) is 0 Å². The van der Waals surface area contributed by atoms with Crippen molar-refractivity contribution in [3.8, 4) is 5.75 Å². The lowest BCUT2D eigenvalue weighted by atomic mass is 10.1. The van der Waals surface area contributed by atoms with Gasteiger partial charge in [-0.3, -0.25) is 0 Å². The number of phenols is 1. The molecule has 0 heterocycles. The molecule has 1 aromatic rings. The molecule has 5 heteroatoms.